The van der Waals surface area contributed by atoms with E-state index in [4.69, 9.17) is 5.26 Å². The van der Waals surface area contributed by atoms with Gasteiger partial charge in [-0.3, -0.25) is 18.2 Å². The van der Waals surface area contributed by atoms with E-state index in [0.717, 1.165) is 6.07 Å². The summed E-state index contributed by atoms with van der Waals surface area (Å²) in [6, 6.07) is 11.2. The van der Waals surface area contributed by atoms with Crippen molar-refractivity contribution in [1.29, 1.82) is 0 Å². The first-order valence-corrected chi connectivity index (χ1v) is 23.0. The first-order chi connectivity index (χ1) is 25.7. The zero-order valence-electron chi connectivity index (χ0n) is 30.0. The van der Waals surface area contributed by atoms with Crippen LogP contribution in [0.3, 0.4) is 0 Å². The number of benzene rings is 4. The molecular weight excluding hydrogens is 837 g/mol. The van der Waals surface area contributed by atoms with Crippen LogP contribution in [0.15, 0.2) is 87.1 Å². The molecule has 0 bridgehead atoms. The van der Waals surface area contributed by atoms with Gasteiger partial charge in [0, 0.05) is 44.8 Å². The van der Waals surface area contributed by atoms with Gasteiger partial charge in [0.25, 0.3) is 36.2 Å². The summed E-state index contributed by atoms with van der Waals surface area (Å²) in [7, 11) is -18.9. The summed E-state index contributed by atoms with van der Waals surface area (Å²) in [5, 5.41) is 13.5. The zero-order valence-corrected chi connectivity index (χ0v) is 34.1. The summed E-state index contributed by atoms with van der Waals surface area (Å²) in [4.78, 5) is 0.573. The second-order valence-electron chi connectivity index (χ2n) is 14.3. The van der Waals surface area contributed by atoms with Crippen molar-refractivity contribution in [2.24, 2.45) is 0 Å². The minimum atomic E-state index is -4.95. The lowest BCUT2D eigenvalue weighted by Gasteiger charge is -2.26. The molecule has 300 valence electrons. The Balaban J connectivity index is 1.56. The van der Waals surface area contributed by atoms with Gasteiger partial charge in [-0.2, -0.15) is 38.2 Å². The van der Waals surface area contributed by atoms with Gasteiger partial charge in [0.2, 0.25) is 5.69 Å². The van der Waals surface area contributed by atoms with E-state index >= 15 is 0 Å². The van der Waals surface area contributed by atoms with E-state index < -0.39 is 68.0 Å². The number of nitrogens with zero attached hydrogens (tertiary/aromatic N) is 2. The predicted molar refractivity (Wildman–Crippen MR) is 206 cm³/mol. The maximum atomic E-state index is 12.8. The van der Waals surface area contributed by atoms with Crippen LogP contribution in [0.5, 0.6) is 0 Å². The molecule has 0 fully saturated rings. The van der Waals surface area contributed by atoms with Crippen molar-refractivity contribution in [3.05, 3.63) is 89.1 Å². The third kappa shape index (κ3) is 7.64. The van der Waals surface area contributed by atoms with Gasteiger partial charge in [-0.1, -0.05) is 31.0 Å². The number of rotatable bonds is 11. The van der Waals surface area contributed by atoms with Crippen LogP contribution in [-0.4, -0.2) is 79.2 Å². The lowest BCUT2D eigenvalue weighted by molar-refractivity contribution is -0.432. The smallest absolute Gasteiger partial charge is 0.326 e. The highest BCUT2D eigenvalue weighted by atomic mass is 32.2. The van der Waals surface area contributed by atoms with E-state index in [1.165, 1.54) is 52.0 Å². The van der Waals surface area contributed by atoms with Gasteiger partial charge in [-0.05, 0) is 90.5 Å². The summed E-state index contributed by atoms with van der Waals surface area (Å²) >= 11 is 0.447. The molecule has 56 heavy (non-hydrogen) atoms. The first-order valence-electron chi connectivity index (χ1n) is 16.2. The summed E-state index contributed by atoms with van der Waals surface area (Å²) in [6.45, 7) is 8.53. The second-order valence-corrected chi connectivity index (χ2v) is 20.7. The van der Waals surface area contributed by atoms with Crippen LogP contribution >= 0.6 is 12.0 Å². The Morgan fingerprint density at radius 3 is 2.02 bits per heavy atom. The Labute approximate surface area is 326 Å². The molecule has 22 heteroatoms. The molecule has 0 atom stereocenters. The number of allylic oxidation sites excluding steroid dienone is 4. The molecular formula is C34H35N2O15S5+. The highest BCUT2D eigenvalue weighted by Gasteiger charge is 2.48. The van der Waals surface area contributed by atoms with E-state index in [9.17, 15) is 51.9 Å². The van der Waals surface area contributed by atoms with Gasteiger partial charge in [-0.25, -0.2) is 5.26 Å². The van der Waals surface area contributed by atoms with Gasteiger partial charge >= 0.3 is 10.1 Å². The molecule has 0 radical (unpaired) electrons. The Morgan fingerprint density at radius 2 is 1.43 bits per heavy atom. The number of aryl methyl sites for hydroxylation is 1. The normalized spacial score (nSPS) is 17.8. The van der Waals surface area contributed by atoms with Gasteiger partial charge in [0.1, 0.15) is 4.90 Å². The SMILES string of the molecule is Cc1cc(S(=O)(=O)O)cc2ccc3c(c12)C(C)(C)C(=CC=CC1=[N+](CS(=O)(=O)O)c2ccc4cc(SOOO)cc(S(=O)(=O)O)c4c2C1(C)C)N3CS(=O)(=O)O. The van der Waals surface area contributed by atoms with Crippen molar-refractivity contribution < 1.29 is 71.1 Å². The number of hydrogen-bond acceptors (Lipinski definition) is 13. The van der Waals surface area contributed by atoms with Crippen molar-refractivity contribution >= 4 is 91.1 Å². The fraction of sp³-hybridized carbons (Fsp3) is 0.265. The highest BCUT2D eigenvalue weighted by molar-refractivity contribution is 7.94. The summed E-state index contributed by atoms with van der Waals surface area (Å²) in [5.41, 5.74) is 0.194. The average Bonchev–Trinajstić information content (AvgIpc) is 3.38. The quantitative estimate of drug-likeness (QED) is 0.0408. The van der Waals surface area contributed by atoms with Gasteiger partial charge in [-0.15, -0.1) is 4.33 Å². The fourth-order valence-electron chi connectivity index (χ4n) is 7.82. The summed E-state index contributed by atoms with van der Waals surface area (Å²) in [6.07, 6.45) is 4.55. The third-order valence-electron chi connectivity index (χ3n) is 9.82. The van der Waals surface area contributed by atoms with E-state index in [1.54, 1.807) is 52.8 Å². The van der Waals surface area contributed by atoms with Crippen LogP contribution in [0.25, 0.3) is 21.5 Å². The Kier molecular flexibility index (Phi) is 10.4. The molecule has 17 nitrogen and oxygen atoms in total. The molecule has 4 aromatic carbocycles. The molecule has 0 spiro atoms. The molecule has 0 amide bonds. The monoisotopic (exact) mass is 871 g/mol. The van der Waals surface area contributed by atoms with E-state index in [1.807, 2.05) is 0 Å². The Hall–Kier alpha value is -3.78. The van der Waals surface area contributed by atoms with Crippen LogP contribution in [0.2, 0.25) is 0 Å². The molecule has 2 aliphatic rings. The largest absolute Gasteiger partial charge is 0.327 e. The maximum Gasteiger partial charge on any atom is 0.326 e. The lowest BCUT2D eigenvalue weighted by atomic mass is 9.78. The van der Waals surface area contributed by atoms with Crippen LogP contribution < -0.4 is 4.90 Å². The van der Waals surface area contributed by atoms with E-state index in [2.05, 4.69) is 9.37 Å². The standard InChI is InChI=1S/C34H34N2O15S5/c1-19-13-23(55(44,45)46)15-21-10-12-24-31(29(19)21)33(2,3)27(35(24)17-53(38,39)40)7-6-8-28-34(4,5)32-25(36(28)18-54(41,42)43)11-9-20-14-22(52-51-50-37)16-26(30(20)32)56(47,48)49/h6-16H,17-18H2,1-5H3,(H4-,37,38,39,40,41,42,43,44,45,46,47,48,49)/p+1. The molecule has 0 saturated carbocycles. The zero-order chi connectivity index (χ0) is 41.6. The first kappa shape index (κ1) is 41.8. The van der Waals surface area contributed by atoms with Crippen molar-refractivity contribution in [3.8, 4) is 0 Å². The fourth-order valence-corrected chi connectivity index (χ4v) is 10.9. The van der Waals surface area contributed by atoms with Crippen molar-refractivity contribution in [1.82, 2.24) is 0 Å². The summed E-state index contributed by atoms with van der Waals surface area (Å²) in [5.74, 6) is -1.84. The molecule has 0 unspecified atom stereocenters. The van der Waals surface area contributed by atoms with E-state index in [0.29, 0.717) is 45.3 Å². The molecule has 5 N–H and O–H groups in total. The molecule has 4 aromatic rings. The Bertz CT molecular complexity index is 2920. The molecule has 2 aliphatic heterocycles. The molecule has 2 heterocycles. The molecule has 0 saturated heterocycles. The van der Waals surface area contributed by atoms with Crippen LogP contribution in [0.1, 0.15) is 44.4 Å². The predicted octanol–water partition coefficient (Wildman–Crippen LogP) is 5.53. The van der Waals surface area contributed by atoms with Crippen LogP contribution in [0.4, 0.5) is 11.4 Å². The summed E-state index contributed by atoms with van der Waals surface area (Å²) < 4.78 is 145. The van der Waals surface area contributed by atoms with Crippen molar-refractivity contribution in [3.63, 3.8) is 0 Å². The maximum absolute atomic E-state index is 12.8. The van der Waals surface area contributed by atoms with Gasteiger partial charge < -0.3 is 4.90 Å². The average molecular weight is 872 g/mol. The lowest BCUT2D eigenvalue weighted by Crippen LogP contribution is -2.31. The molecule has 0 aromatic heterocycles. The van der Waals surface area contributed by atoms with E-state index in [-0.39, 0.29) is 37.5 Å². The third-order valence-corrected chi connectivity index (χ3v) is 13.3. The minimum Gasteiger partial charge on any atom is -0.327 e. The minimum absolute atomic E-state index is 0.0254. The highest BCUT2D eigenvalue weighted by Crippen LogP contribution is 2.52. The number of anilines is 1. The molecule has 0 aliphatic carbocycles. The second kappa shape index (κ2) is 14.0. The number of hydrogen-bond donors (Lipinski definition) is 5. The Morgan fingerprint density at radius 1 is 0.786 bits per heavy atom. The van der Waals surface area contributed by atoms with Crippen LogP contribution in [-0.2, 0) is 60.7 Å². The number of fused-ring (bicyclic) bond motifs is 6. The topological polar surface area (TPSA) is 262 Å². The van der Waals surface area contributed by atoms with Crippen LogP contribution in [0, 0.1) is 6.92 Å². The van der Waals surface area contributed by atoms with Crippen molar-refractivity contribution in [2.45, 2.75) is 60.1 Å². The van der Waals surface area contributed by atoms with Gasteiger partial charge in [0.05, 0.1) is 22.4 Å². The van der Waals surface area contributed by atoms with Crippen molar-refractivity contribution in [2.75, 3.05) is 16.7 Å². The van der Waals surface area contributed by atoms with Gasteiger partial charge in [0.15, 0.2) is 11.6 Å². The molecule has 6 rings (SSSR count).